The first kappa shape index (κ1) is 12.6. The first-order valence-corrected chi connectivity index (χ1v) is 7.64. The van der Waals surface area contributed by atoms with Gasteiger partial charge in [-0.05, 0) is 25.0 Å². The first-order valence-electron chi connectivity index (χ1n) is 5.72. The van der Waals surface area contributed by atoms with Gasteiger partial charge in [-0.15, -0.1) is 0 Å². The molecule has 0 atom stereocenters. The Bertz CT molecular complexity index is 484. The smallest absolute Gasteiger partial charge is 0.236 e. The van der Waals surface area contributed by atoms with Crippen LogP contribution in [0.3, 0.4) is 0 Å². The van der Waals surface area contributed by atoms with Crippen LogP contribution in [0.5, 0.6) is 0 Å². The van der Waals surface area contributed by atoms with Crippen LogP contribution >= 0.6 is 11.6 Å². The van der Waals surface area contributed by atoms with Gasteiger partial charge in [0.1, 0.15) is 0 Å². The quantitative estimate of drug-likeness (QED) is 0.922. The fraction of sp³-hybridized carbons (Fsp3) is 0.545. The summed E-state index contributed by atoms with van der Waals surface area (Å²) < 4.78 is 26.7. The lowest BCUT2D eigenvalue weighted by Crippen LogP contribution is -2.30. The third-order valence-corrected chi connectivity index (χ3v) is 5.12. The molecule has 1 heterocycles. The third-order valence-electron chi connectivity index (χ3n) is 2.99. The molecule has 0 spiro atoms. The Morgan fingerprint density at radius 2 is 2.00 bits per heavy atom. The van der Waals surface area contributed by atoms with E-state index in [0.29, 0.717) is 5.02 Å². The molecule has 1 fully saturated rings. The highest BCUT2D eigenvalue weighted by atomic mass is 35.5. The number of halogens is 1. The number of hydrogen-bond acceptors (Lipinski definition) is 3. The summed E-state index contributed by atoms with van der Waals surface area (Å²) >= 11 is 5.88. The molecule has 1 aliphatic rings. The number of pyridine rings is 1. The minimum atomic E-state index is -3.36. The van der Waals surface area contributed by atoms with E-state index in [-0.39, 0.29) is 11.1 Å². The van der Waals surface area contributed by atoms with Gasteiger partial charge in [0.15, 0.2) is 5.82 Å². The fourth-order valence-electron chi connectivity index (χ4n) is 2.05. The fourth-order valence-corrected chi connectivity index (χ4v) is 3.83. The molecule has 94 valence electrons. The monoisotopic (exact) mass is 274 g/mol. The van der Waals surface area contributed by atoms with Crippen LogP contribution in [-0.2, 0) is 10.0 Å². The van der Waals surface area contributed by atoms with Crippen molar-refractivity contribution >= 4 is 27.4 Å². The van der Waals surface area contributed by atoms with Crippen molar-refractivity contribution < 1.29 is 8.42 Å². The Balaban J connectivity index is 2.14. The Labute approximate surface area is 106 Å². The average Bonchev–Trinajstić information content (AvgIpc) is 2.33. The summed E-state index contributed by atoms with van der Waals surface area (Å²) in [6.07, 6.45) is 6.03. The molecule has 4 nitrogen and oxygen atoms in total. The molecule has 0 aliphatic heterocycles. The highest BCUT2D eigenvalue weighted by Crippen LogP contribution is 2.26. The maximum atomic E-state index is 12.1. The van der Waals surface area contributed by atoms with E-state index in [2.05, 4.69) is 9.71 Å². The molecular weight excluding hydrogens is 260 g/mol. The molecule has 6 heteroatoms. The summed E-state index contributed by atoms with van der Waals surface area (Å²) in [7, 11) is -3.36. The van der Waals surface area contributed by atoms with Gasteiger partial charge >= 0.3 is 0 Å². The van der Waals surface area contributed by atoms with Gasteiger partial charge in [-0.3, -0.25) is 4.72 Å². The second kappa shape index (κ2) is 5.23. The summed E-state index contributed by atoms with van der Waals surface area (Å²) in [6.45, 7) is 0. The van der Waals surface area contributed by atoms with Crippen molar-refractivity contribution in [2.24, 2.45) is 0 Å². The summed E-state index contributed by atoms with van der Waals surface area (Å²) in [6, 6.07) is 3.29. The van der Waals surface area contributed by atoms with E-state index >= 15 is 0 Å². The van der Waals surface area contributed by atoms with Crippen molar-refractivity contribution in [2.75, 3.05) is 4.72 Å². The molecule has 0 saturated heterocycles. The molecule has 1 aromatic heterocycles. The number of aromatic nitrogens is 1. The second-order valence-electron chi connectivity index (χ2n) is 4.24. The highest BCUT2D eigenvalue weighted by Gasteiger charge is 2.27. The number of nitrogens with zero attached hydrogens (tertiary/aromatic N) is 1. The standard InChI is InChI=1S/C11H15ClN2O2S/c12-10-7-4-8-13-11(10)14-17(15,16)9-5-2-1-3-6-9/h4,7-9H,1-3,5-6H2,(H,13,14). The third kappa shape index (κ3) is 3.10. The van der Waals surface area contributed by atoms with Crippen LogP contribution < -0.4 is 4.72 Å². The van der Waals surface area contributed by atoms with Crippen LogP contribution in [0, 0.1) is 0 Å². The summed E-state index contributed by atoms with van der Waals surface area (Å²) in [5.41, 5.74) is 0. The molecule has 1 aliphatic carbocycles. The molecule has 0 aromatic carbocycles. The second-order valence-corrected chi connectivity index (χ2v) is 6.61. The Kier molecular flexibility index (Phi) is 3.89. The van der Waals surface area contributed by atoms with Crippen LogP contribution in [0.15, 0.2) is 18.3 Å². The number of sulfonamides is 1. The van der Waals surface area contributed by atoms with E-state index in [1.807, 2.05) is 0 Å². The SMILES string of the molecule is O=S(=O)(Nc1ncccc1Cl)C1CCCCC1. The van der Waals surface area contributed by atoms with E-state index in [1.54, 1.807) is 12.1 Å². The Morgan fingerprint density at radius 3 is 2.65 bits per heavy atom. The van der Waals surface area contributed by atoms with Crippen LogP contribution in [0.4, 0.5) is 5.82 Å². The van der Waals surface area contributed by atoms with Crippen LogP contribution in [0.2, 0.25) is 5.02 Å². The number of rotatable bonds is 3. The maximum absolute atomic E-state index is 12.1. The molecule has 0 unspecified atom stereocenters. The molecule has 0 amide bonds. The minimum absolute atomic E-state index is 0.222. The average molecular weight is 275 g/mol. The normalized spacial score (nSPS) is 17.9. The van der Waals surface area contributed by atoms with Gasteiger partial charge in [0.25, 0.3) is 0 Å². The molecular formula is C11H15ClN2O2S. The van der Waals surface area contributed by atoms with Gasteiger partial charge in [0, 0.05) is 6.20 Å². The summed E-state index contributed by atoms with van der Waals surface area (Å²) in [5, 5.41) is 0.0150. The summed E-state index contributed by atoms with van der Waals surface area (Å²) in [4.78, 5) is 3.94. The minimum Gasteiger partial charge on any atom is -0.266 e. The zero-order chi connectivity index (χ0) is 12.3. The van der Waals surface area contributed by atoms with E-state index in [1.165, 1.54) is 6.20 Å². The van der Waals surface area contributed by atoms with Crippen molar-refractivity contribution in [1.82, 2.24) is 4.98 Å². The lowest BCUT2D eigenvalue weighted by molar-refractivity contribution is 0.486. The van der Waals surface area contributed by atoms with Crippen LogP contribution in [0.1, 0.15) is 32.1 Å². The van der Waals surface area contributed by atoms with Gasteiger partial charge in [-0.2, -0.15) is 0 Å². The van der Waals surface area contributed by atoms with E-state index in [9.17, 15) is 8.42 Å². The molecule has 2 rings (SSSR count). The van der Waals surface area contributed by atoms with E-state index < -0.39 is 10.0 Å². The topological polar surface area (TPSA) is 59.1 Å². The van der Waals surface area contributed by atoms with Gasteiger partial charge in [0.2, 0.25) is 10.0 Å². The summed E-state index contributed by atoms with van der Waals surface area (Å²) in [5.74, 6) is 0.222. The van der Waals surface area contributed by atoms with Crippen molar-refractivity contribution in [2.45, 2.75) is 37.4 Å². The van der Waals surface area contributed by atoms with Crippen molar-refractivity contribution in [3.63, 3.8) is 0 Å². The van der Waals surface area contributed by atoms with Gasteiger partial charge in [-0.1, -0.05) is 30.9 Å². The number of hydrogen-bond donors (Lipinski definition) is 1. The van der Waals surface area contributed by atoms with Gasteiger partial charge in [-0.25, -0.2) is 13.4 Å². The predicted octanol–water partition coefficient (Wildman–Crippen LogP) is 2.81. The van der Waals surface area contributed by atoms with Crippen molar-refractivity contribution in [3.8, 4) is 0 Å². The Hall–Kier alpha value is -0.810. The maximum Gasteiger partial charge on any atom is 0.236 e. The highest BCUT2D eigenvalue weighted by molar-refractivity contribution is 7.93. The predicted molar refractivity (Wildman–Crippen MR) is 68.7 cm³/mol. The lowest BCUT2D eigenvalue weighted by Gasteiger charge is -2.22. The zero-order valence-electron chi connectivity index (χ0n) is 9.39. The largest absolute Gasteiger partial charge is 0.266 e. The lowest BCUT2D eigenvalue weighted by atomic mass is 10.0. The van der Waals surface area contributed by atoms with Crippen molar-refractivity contribution in [3.05, 3.63) is 23.4 Å². The zero-order valence-corrected chi connectivity index (χ0v) is 11.0. The molecule has 1 saturated carbocycles. The number of anilines is 1. The van der Waals surface area contributed by atoms with E-state index in [4.69, 9.17) is 11.6 Å². The molecule has 1 N–H and O–H groups in total. The van der Waals surface area contributed by atoms with E-state index in [0.717, 1.165) is 32.1 Å². The van der Waals surface area contributed by atoms with Gasteiger partial charge in [0.05, 0.1) is 10.3 Å². The molecule has 1 aromatic rings. The molecule has 17 heavy (non-hydrogen) atoms. The van der Waals surface area contributed by atoms with Crippen molar-refractivity contribution in [1.29, 1.82) is 0 Å². The number of nitrogens with one attached hydrogen (secondary N) is 1. The first-order chi connectivity index (χ1) is 8.09. The Morgan fingerprint density at radius 1 is 1.29 bits per heavy atom. The molecule has 0 radical (unpaired) electrons. The van der Waals surface area contributed by atoms with Gasteiger partial charge < -0.3 is 0 Å². The van der Waals surface area contributed by atoms with Crippen LogP contribution in [-0.4, -0.2) is 18.7 Å². The molecule has 0 bridgehead atoms. The van der Waals surface area contributed by atoms with Crippen LogP contribution in [0.25, 0.3) is 0 Å².